The van der Waals surface area contributed by atoms with Gasteiger partial charge < -0.3 is 14.6 Å². The van der Waals surface area contributed by atoms with E-state index in [4.69, 9.17) is 9.47 Å². The van der Waals surface area contributed by atoms with Gasteiger partial charge in [0.15, 0.2) is 0 Å². The lowest BCUT2D eigenvalue weighted by molar-refractivity contribution is -0.0973. The van der Waals surface area contributed by atoms with E-state index in [1.807, 2.05) is 6.92 Å². The first-order chi connectivity index (χ1) is 6.24. The standard InChI is InChI=1S/C8H15NO4/c1-6-7(2-9-11)3-12-4-8(10)5-13-6/h6-8,10H,2-5H2,1H3. The van der Waals surface area contributed by atoms with Crippen LogP contribution in [0.2, 0.25) is 0 Å². The van der Waals surface area contributed by atoms with E-state index >= 15 is 0 Å². The molecule has 0 aliphatic carbocycles. The summed E-state index contributed by atoms with van der Waals surface area (Å²) in [6, 6.07) is 0. The van der Waals surface area contributed by atoms with Gasteiger partial charge in [-0.1, -0.05) is 5.18 Å². The maximum absolute atomic E-state index is 10.1. The van der Waals surface area contributed by atoms with E-state index < -0.39 is 6.10 Å². The minimum absolute atomic E-state index is 0.00463. The number of hydrogen-bond donors (Lipinski definition) is 1. The lowest BCUT2D eigenvalue weighted by atomic mass is 10.1. The van der Waals surface area contributed by atoms with Crippen LogP contribution in [0.3, 0.4) is 0 Å². The molecule has 0 aromatic carbocycles. The Hall–Kier alpha value is -0.520. The van der Waals surface area contributed by atoms with Crippen LogP contribution in [0.25, 0.3) is 0 Å². The second-order valence-corrected chi connectivity index (χ2v) is 3.30. The fourth-order valence-electron chi connectivity index (χ4n) is 1.23. The van der Waals surface area contributed by atoms with Crippen LogP contribution in [0.15, 0.2) is 5.18 Å². The molecule has 3 unspecified atom stereocenters. The average molecular weight is 189 g/mol. The molecule has 1 heterocycles. The van der Waals surface area contributed by atoms with Gasteiger partial charge >= 0.3 is 0 Å². The summed E-state index contributed by atoms with van der Waals surface area (Å²) in [6.45, 7) is 3.01. The van der Waals surface area contributed by atoms with E-state index in [2.05, 4.69) is 5.18 Å². The number of rotatable bonds is 2. The third-order valence-electron chi connectivity index (χ3n) is 2.17. The highest BCUT2D eigenvalue weighted by molar-refractivity contribution is 4.71. The van der Waals surface area contributed by atoms with Gasteiger partial charge in [-0.25, -0.2) is 0 Å². The Balaban J connectivity index is 2.41. The summed E-state index contributed by atoms with van der Waals surface area (Å²) in [4.78, 5) is 10.1. The maximum atomic E-state index is 10.1. The molecular formula is C8H15NO4. The molecule has 13 heavy (non-hydrogen) atoms. The van der Waals surface area contributed by atoms with Crippen LogP contribution in [0.1, 0.15) is 6.92 Å². The van der Waals surface area contributed by atoms with Crippen molar-refractivity contribution >= 4 is 0 Å². The van der Waals surface area contributed by atoms with Gasteiger partial charge in [0, 0.05) is 5.92 Å². The van der Waals surface area contributed by atoms with E-state index in [9.17, 15) is 10.0 Å². The average Bonchev–Trinajstić information content (AvgIpc) is 2.11. The fraction of sp³-hybridized carbons (Fsp3) is 1.00. The van der Waals surface area contributed by atoms with Crippen LogP contribution in [0, 0.1) is 10.8 Å². The number of nitroso groups, excluding NO2 is 1. The molecule has 5 nitrogen and oxygen atoms in total. The van der Waals surface area contributed by atoms with Crippen molar-refractivity contribution in [3.63, 3.8) is 0 Å². The highest BCUT2D eigenvalue weighted by atomic mass is 16.5. The second-order valence-electron chi connectivity index (χ2n) is 3.30. The van der Waals surface area contributed by atoms with Crippen molar-refractivity contribution in [2.75, 3.05) is 26.4 Å². The zero-order valence-corrected chi connectivity index (χ0v) is 7.68. The van der Waals surface area contributed by atoms with E-state index in [1.54, 1.807) is 0 Å². The van der Waals surface area contributed by atoms with Crippen molar-refractivity contribution in [1.82, 2.24) is 0 Å². The lowest BCUT2D eigenvalue weighted by Gasteiger charge is -2.26. The Morgan fingerprint density at radius 2 is 2.23 bits per heavy atom. The van der Waals surface area contributed by atoms with Gasteiger partial charge in [-0.2, -0.15) is 4.91 Å². The van der Waals surface area contributed by atoms with E-state index in [0.29, 0.717) is 6.61 Å². The molecule has 1 aliphatic rings. The maximum Gasteiger partial charge on any atom is 0.101 e. The Bertz CT molecular complexity index is 164. The predicted octanol–water partition coefficient (Wildman–Crippen LogP) is 0.165. The third-order valence-corrected chi connectivity index (χ3v) is 2.17. The number of nitrogens with zero attached hydrogens (tertiary/aromatic N) is 1. The molecule has 1 rings (SSSR count). The number of aliphatic hydroxyl groups is 1. The summed E-state index contributed by atoms with van der Waals surface area (Å²) in [5.41, 5.74) is 0. The minimum Gasteiger partial charge on any atom is -0.388 e. The SMILES string of the molecule is CC1OCC(O)COCC1CN=O. The van der Waals surface area contributed by atoms with E-state index in [1.165, 1.54) is 0 Å². The van der Waals surface area contributed by atoms with Crippen molar-refractivity contribution in [2.45, 2.75) is 19.1 Å². The number of aliphatic hydroxyl groups excluding tert-OH is 1. The fourth-order valence-corrected chi connectivity index (χ4v) is 1.23. The smallest absolute Gasteiger partial charge is 0.101 e. The molecule has 0 saturated carbocycles. The first-order valence-electron chi connectivity index (χ1n) is 4.40. The van der Waals surface area contributed by atoms with Gasteiger partial charge in [0.2, 0.25) is 0 Å². The van der Waals surface area contributed by atoms with Gasteiger partial charge in [0.25, 0.3) is 0 Å². The minimum atomic E-state index is -0.562. The Kier molecular flexibility index (Phi) is 4.27. The van der Waals surface area contributed by atoms with Gasteiger partial charge in [-0.05, 0) is 6.92 Å². The van der Waals surface area contributed by atoms with Crippen LogP contribution in [0.5, 0.6) is 0 Å². The number of ether oxygens (including phenoxy) is 2. The highest BCUT2D eigenvalue weighted by Gasteiger charge is 2.22. The van der Waals surface area contributed by atoms with Crippen LogP contribution in [-0.2, 0) is 9.47 Å². The van der Waals surface area contributed by atoms with Crippen molar-refractivity contribution in [1.29, 1.82) is 0 Å². The lowest BCUT2D eigenvalue weighted by Crippen LogP contribution is -2.36. The summed E-state index contributed by atoms with van der Waals surface area (Å²) in [7, 11) is 0. The molecule has 1 saturated heterocycles. The van der Waals surface area contributed by atoms with Crippen LogP contribution >= 0.6 is 0 Å². The zero-order valence-electron chi connectivity index (χ0n) is 7.68. The largest absolute Gasteiger partial charge is 0.388 e. The van der Waals surface area contributed by atoms with Crippen LogP contribution in [0.4, 0.5) is 0 Å². The third kappa shape index (κ3) is 3.38. The molecular weight excluding hydrogens is 174 g/mol. The van der Waals surface area contributed by atoms with Crippen molar-refractivity contribution < 1.29 is 14.6 Å². The molecule has 1 fully saturated rings. The van der Waals surface area contributed by atoms with E-state index in [0.717, 1.165) is 0 Å². The first-order valence-corrected chi connectivity index (χ1v) is 4.40. The molecule has 1 aliphatic heterocycles. The van der Waals surface area contributed by atoms with Gasteiger partial charge in [0.05, 0.1) is 32.5 Å². The van der Waals surface area contributed by atoms with Crippen LogP contribution < -0.4 is 0 Å². The Morgan fingerprint density at radius 3 is 2.92 bits per heavy atom. The van der Waals surface area contributed by atoms with Gasteiger partial charge in [-0.15, -0.1) is 0 Å². The number of hydrogen-bond acceptors (Lipinski definition) is 5. The van der Waals surface area contributed by atoms with Gasteiger partial charge in [0.1, 0.15) is 6.10 Å². The van der Waals surface area contributed by atoms with Crippen molar-refractivity contribution in [3.8, 4) is 0 Å². The molecule has 3 atom stereocenters. The molecule has 5 heteroatoms. The quantitative estimate of drug-likeness (QED) is 0.628. The molecule has 0 aromatic heterocycles. The Labute approximate surface area is 77.0 Å². The first kappa shape index (κ1) is 10.6. The molecule has 0 bridgehead atoms. The normalized spacial score (nSPS) is 36.3. The molecule has 0 spiro atoms. The summed E-state index contributed by atoms with van der Waals surface area (Å²) in [5, 5.41) is 12.0. The second kappa shape index (κ2) is 5.26. The summed E-state index contributed by atoms with van der Waals surface area (Å²) < 4.78 is 10.5. The van der Waals surface area contributed by atoms with E-state index in [-0.39, 0.29) is 31.8 Å². The summed E-state index contributed by atoms with van der Waals surface area (Å²) in [5.74, 6) is 0.00463. The highest BCUT2D eigenvalue weighted by Crippen LogP contribution is 2.12. The van der Waals surface area contributed by atoms with Crippen molar-refractivity contribution in [3.05, 3.63) is 4.91 Å². The van der Waals surface area contributed by atoms with Crippen LogP contribution in [-0.4, -0.2) is 43.7 Å². The molecule has 0 aromatic rings. The van der Waals surface area contributed by atoms with Gasteiger partial charge in [-0.3, -0.25) is 0 Å². The van der Waals surface area contributed by atoms with Crippen molar-refractivity contribution in [2.24, 2.45) is 11.1 Å². The zero-order chi connectivity index (χ0) is 9.68. The predicted molar refractivity (Wildman–Crippen MR) is 46.4 cm³/mol. The summed E-state index contributed by atoms with van der Waals surface area (Å²) >= 11 is 0. The topological polar surface area (TPSA) is 68.1 Å². The molecule has 76 valence electrons. The summed E-state index contributed by atoms with van der Waals surface area (Å²) in [6.07, 6.45) is -0.653. The molecule has 0 amide bonds. The monoisotopic (exact) mass is 189 g/mol. The Morgan fingerprint density at radius 1 is 1.46 bits per heavy atom. The molecule has 1 N–H and O–H groups in total. The molecule has 0 radical (unpaired) electrons.